The van der Waals surface area contributed by atoms with Crippen LogP contribution in [0, 0.1) is 6.92 Å². The standard InChI is InChI=1S/C14H12Cl2N2O4S/c1-9-2-4-11(5-3-9)23(21,22)17-13(19)8-18-7-10(15)6-12(16)14(18)20/h2-7H,8H2,1H3,(H,17,19). The molecule has 0 atom stereocenters. The van der Waals surface area contributed by atoms with Crippen LogP contribution in [0.25, 0.3) is 0 Å². The van der Waals surface area contributed by atoms with Crippen molar-refractivity contribution in [2.45, 2.75) is 18.4 Å². The number of aryl methyl sites for hydroxylation is 1. The molecule has 2 aromatic rings. The van der Waals surface area contributed by atoms with Gasteiger partial charge >= 0.3 is 0 Å². The van der Waals surface area contributed by atoms with E-state index in [-0.39, 0.29) is 14.9 Å². The van der Waals surface area contributed by atoms with Gasteiger partial charge in [-0.05, 0) is 25.1 Å². The van der Waals surface area contributed by atoms with Crippen LogP contribution in [-0.2, 0) is 21.4 Å². The Hall–Kier alpha value is -1.83. The van der Waals surface area contributed by atoms with E-state index in [1.807, 2.05) is 11.6 Å². The number of amides is 1. The van der Waals surface area contributed by atoms with E-state index in [1.165, 1.54) is 24.4 Å². The van der Waals surface area contributed by atoms with Gasteiger partial charge in [0.1, 0.15) is 11.6 Å². The molecule has 0 aliphatic rings. The highest BCUT2D eigenvalue weighted by molar-refractivity contribution is 7.90. The highest BCUT2D eigenvalue weighted by Gasteiger charge is 2.18. The second kappa shape index (κ2) is 6.74. The number of pyridine rings is 1. The van der Waals surface area contributed by atoms with Crippen molar-refractivity contribution in [1.82, 2.24) is 9.29 Å². The molecule has 0 bridgehead atoms. The van der Waals surface area contributed by atoms with Gasteiger partial charge in [0, 0.05) is 6.20 Å². The molecular weight excluding hydrogens is 363 g/mol. The molecule has 0 unspecified atom stereocenters. The van der Waals surface area contributed by atoms with Gasteiger partial charge in [0.25, 0.3) is 21.5 Å². The van der Waals surface area contributed by atoms with Crippen LogP contribution in [0.3, 0.4) is 0 Å². The minimum absolute atomic E-state index is 0.0482. The van der Waals surface area contributed by atoms with E-state index in [2.05, 4.69) is 0 Å². The van der Waals surface area contributed by atoms with Gasteiger partial charge in [-0.15, -0.1) is 0 Å². The van der Waals surface area contributed by atoms with Gasteiger partial charge in [-0.2, -0.15) is 0 Å². The summed E-state index contributed by atoms with van der Waals surface area (Å²) in [6.45, 7) is 1.29. The zero-order chi connectivity index (χ0) is 17.2. The van der Waals surface area contributed by atoms with E-state index in [0.29, 0.717) is 0 Å². The van der Waals surface area contributed by atoms with Crippen LogP contribution >= 0.6 is 23.2 Å². The molecule has 9 heteroatoms. The summed E-state index contributed by atoms with van der Waals surface area (Å²) in [4.78, 5) is 23.6. The molecule has 0 fully saturated rings. The van der Waals surface area contributed by atoms with Crippen molar-refractivity contribution < 1.29 is 13.2 Å². The zero-order valence-corrected chi connectivity index (χ0v) is 14.2. The lowest BCUT2D eigenvalue weighted by atomic mass is 10.2. The Bertz CT molecular complexity index is 905. The molecule has 0 saturated heterocycles. The summed E-state index contributed by atoms with van der Waals surface area (Å²) in [7, 11) is -4.01. The number of carbonyl (C=O) groups is 1. The Morgan fingerprint density at radius 3 is 2.43 bits per heavy atom. The molecular formula is C14H12Cl2N2O4S. The number of carbonyl (C=O) groups excluding carboxylic acids is 1. The molecule has 0 spiro atoms. The van der Waals surface area contributed by atoms with Crippen LogP contribution in [0.15, 0.2) is 46.2 Å². The average Bonchev–Trinajstić information content (AvgIpc) is 2.44. The van der Waals surface area contributed by atoms with Crippen LogP contribution in [0.5, 0.6) is 0 Å². The third kappa shape index (κ3) is 4.34. The normalized spacial score (nSPS) is 11.3. The molecule has 1 N–H and O–H groups in total. The van der Waals surface area contributed by atoms with Crippen molar-refractivity contribution >= 4 is 39.1 Å². The first-order valence-corrected chi connectivity index (χ1v) is 8.61. The van der Waals surface area contributed by atoms with Crippen molar-refractivity contribution in [2.75, 3.05) is 0 Å². The summed E-state index contributed by atoms with van der Waals surface area (Å²) in [6.07, 6.45) is 1.20. The second-order valence-corrected chi connectivity index (χ2v) is 7.31. The zero-order valence-electron chi connectivity index (χ0n) is 11.9. The van der Waals surface area contributed by atoms with Gasteiger partial charge < -0.3 is 4.57 Å². The molecule has 6 nitrogen and oxygen atoms in total. The fraction of sp³-hybridized carbons (Fsp3) is 0.143. The van der Waals surface area contributed by atoms with Gasteiger partial charge in [-0.25, -0.2) is 13.1 Å². The summed E-state index contributed by atoms with van der Waals surface area (Å²) < 4.78 is 27.0. The van der Waals surface area contributed by atoms with Crippen molar-refractivity contribution in [3.8, 4) is 0 Å². The van der Waals surface area contributed by atoms with Crippen molar-refractivity contribution in [3.05, 3.63) is 62.5 Å². The summed E-state index contributed by atoms with van der Waals surface area (Å²) in [6, 6.07) is 7.23. The van der Waals surface area contributed by atoms with Crippen LogP contribution in [0.1, 0.15) is 5.56 Å². The Morgan fingerprint density at radius 2 is 1.83 bits per heavy atom. The molecule has 1 aromatic carbocycles. The highest BCUT2D eigenvalue weighted by atomic mass is 35.5. The number of nitrogens with zero attached hydrogens (tertiary/aromatic N) is 1. The third-order valence-electron chi connectivity index (χ3n) is 2.90. The molecule has 2 rings (SSSR count). The van der Waals surface area contributed by atoms with Gasteiger partial charge in [-0.1, -0.05) is 40.9 Å². The lowest BCUT2D eigenvalue weighted by molar-refractivity contribution is -0.119. The molecule has 0 aliphatic heterocycles. The average molecular weight is 375 g/mol. The first kappa shape index (κ1) is 17.5. The predicted octanol–water partition coefficient (Wildman–Crippen LogP) is 1.97. The van der Waals surface area contributed by atoms with Gasteiger partial charge in [0.05, 0.1) is 9.92 Å². The Balaban J connectivity index is 2.19. The largest absolute Gasteiger partial charge is 0.303 e. The number of nitrogens with one attached hydrogen (secondary N) is 1. The van der Waals surface area contributed by atoms with Gasteiger partial charge in [-0.3, -0.25) is 9.59 Å². The van der Waals surface area contributed by atoms with E-state index in [4.69, 9.17) is 23.2 Å². The number of hydrogen-bond donors (Lipinski definition) is 1. The number of hydrogen-bond acceptors (Lipinski definition) is 4. The molecule has 1 heterocycles. The van der Waals surface area contributed by atoms with Crippen molar-refractivity contribution in [1.29, 1.82) is 0 Å². The van der Waals surface area contributed by atoms with Crippen molar-refractivity contribution in [3.63, 3.8) is 0 Å². The summed E-state index contributed by atoms with van der Waals surface area (Å²) in [5, 5.41) is -0.00418. The Morgan fingerprint density at radius 1 is 1.22 bits per heavy atom. The maximum atomic E-state index is 12.1. The van der Waals surface area contributed by atoms with Crippen LogP contribution in [0.4, 0.5) is 0 Å². The van der Waals surface area contributed by atoms with Crippen LogP contribution in [-0.4, -0.2) is 18.9 Å². The lowest BCUT2D eigenvalue weighted by Gasteiger charge is -2.09. The maximum Gasteiger partial charge on any atom is 0.269 e. The smallest absolute Gasteiger partial charge is 0.269 e. The minimum Gasteiger partial charge on any atom is -0.303 e. The van der Waals surface area contributed by atoms with Gasteiger partial charge in [0.15, 0.2) is 0 Å². The molecule has 0 aliphatic carbocycles. The van der Waals surface area contributed by atoms with Crippen molar-refractivity contribution in [2.24, 2.45) is 0 Å². The Kier molecular flexibility index (Phi) is 5.13. The summed E-state index contributed by atoms with van der Waals surface area (Å²) >= 11 is 11.4. The topological polar surface area (TPSA) is 85.2 Å². The maximum absolute atomic E-state index is 12.1. The molecule has 122 valence electrons. The van der Waals surface area contributed by atoms with E-state index >= 15 is 0 Å². The Labute approximate surface area is 142 Å². The third-order valence-corrected chi connectivity index (χ3v) is 4.77. The van der Waals surface area contributed by atoms with E-state index in [9.17, 15) is 18.0 Å². The highest BCUT2D eigenvalue weighted by Crippen LogP contribution is 2.12. The monoisotopic (exact) mass is 374 g/mol. The lowest BCUT2D eigenvalue weighted by Crippen LogP contribution is -2.36. The number of sulfonamides is 1. The van der Waals surface area contributed by atoms with E-state index in [0.717, 1.165) is 10.1 Å². The first-order chi connectivity index (χ1) is 10.7. The molecule has 1 amide bonds. The summed E-state index contributed by atoms with van der Waals surface area (Å²) in [5.74, 6) is -0.883. The van der Waals surface area contributed by atoms with E-state index in [1.54, 1.807) is 12.1 Å². The van der Waals surface area contributed by atoms with Gasteiger partial charge in [0.2, 0.25) is 0 Å². The second-order valence-electron chi connectivity index (χ2n) is 4.78. The number of rotatable bonds is 4. The molecule has 1 aromatic heterocycles. The predicted molar refractivity (Wildman–Crippen MR) is 87.2 cm³/mol. The molecule has 0 saturated carbocycles. The SMILES string of the molecule is Cc1ccc(S(=O)(=O)NC(=O)Cn2cc(Cl)cc(Cl)c2=O)cc1. The van der Waals surface area contributed by atoms with E-state index < -0.39 is 28.0 Å². The molecule has 0 radical (unpaired) electrons. The first-order valence-electron chi connectivity index (χ1n) is 6.37. The quantitative estimate of drug-likeness (QED) is 0.886. The van der Waals surface area contributed by atoms with Crippen LogP contribution in [0.2, 0.25) is 10.0 Å². The summed E-state index contributed by atoms with van der Waals surface area (Å²) in [5.41, 5.74) is 0.245. The fourth-order valence-corrected chi connectivity index (χ4v) is 3.28. The minimum atomic E-state index is -4.01. The molecule has 23 heavy (non-hydrogen) atoms. The fourth-order valence-electron chi connectivity index (χ4n) is 1.80. The van der Waals surface area contributed by atoms with Crippen LogP contribution < -0.4 is 10.3 Å². The number of benzene rings is 1. The number of halogens is 2. The number of aromatic nitrogens is 1.